The standard InChI is InChI=1S/C18H25NO/c1-17(2,3)14-8-6-13(7-9-14)16(20)10-15-11-18(4,5)12-19-15/h6-10,19H,11-12H2,1-5H3/b15-10-. The molecule has 20 heavy (non-hydrogen) atoms. The molecule has 1 saturated heterocycles. The number of carbonyl (C=O) groups is 1. The van der Waals surface area contributed by atoms with Crippen LogP contribution in [0.15, 0.2) is 36.0 Å². The Balaban J connectivity index is 2.13. The fraction of sp³-hybridized carbons (Fsp3) is 0.500. The third-order valence-electron chi connectivity index (χ3n) is 3.80. The summed E-state index contributed by atoms with van der Waals surface area (Å²) in [6.07, 6.45) is 2.69. The van der Waals surface area contributed by atoms with Crippen LogP contribution in [-0.4, -0.2) is 12.3 Å². The van der Waals surface area contributed by atoms with Gasteiger partial charge in [0.1, 0.15) is 0 Å². The van der Waals surface area contributed by atoms with E-state index in [0.717, 1.165) is 24.2 Å². The third kappa shape index (κ3) is 3.50. The molecule has 0 atom stereocenters. The van der Waals surface area contributed by atoms with Gasteiger partial charge in [0.15, 0.2) is 5.78 Å². The van der Waals surface area contributed by atoms with Crippen LogP contribution < -0.4 is 5.32 Å². The van der Waals surface area contributed by atoms with E-state index in [1.165, 1.54) is 5.56 Å². The number of hydrogen-bond donors (Lipinski definition) is 1. The average molecular weight is 271 g/mol. The molecule has 1 fully saturated rings. The fourth-order valence-corrected chi connectivity index (χ4v) is 2.47. The van der Waals surface area contributed by atoms with Gasteiger partial charge in [-0.15, -0.1) is 0 Å². The van der Waals surface area contributed by atoms with Crippen LogP contribution in [0.1, 0.15) is 57.0 Å². The SMILES string of the molecule is CC1(C)CN/C(=C\C(=O)c2ccc(C(C)(C)C)cc2)C1. The topological polar surface area (TPSA) is 29.1 Å². The Morgan fingerprint density at radius 1 is 1.20 bits per heavy atom. The van der Waals surface area contributed by atoms with Crippen LogP contribution in [0.25, 0.3) is 0 Å². The van der Waals surface area contributed by atoms with Gasteiger partial charge in [0, 0.05) is 23.9 Å². The maximum Gasteiger partial charge on any atom is 0.187 e. The molecule has 2 heteroatoms. The van der Waals surface area contributed by atoms with Crippen molar-refractivity contribution in [1.29, 1.82) is 0 Å². The van der Waals surface area contributed by atoms with Crippen molar-refractivity contribution in [1.82, 2.24) is 5.32 Å². The largest absolute Gasteiger partial charge is 0.388 e. The zero-order valence-electron chi connectivity index (χ0n) is 13.2. The highest BCUT2D eigenvalue weighted by molar-refractivity contribution is 6.04. The van der Waals surface area contributed by atoms with Gasteiger partial charge in [-0.2, -0.15) is 0 Å². The number of ketones is 1. The van der Waals surface area contributed by atoms with Gasteiger partial charge in [0.05, 0.1) is 0 Å². The second-order valence-corrected chi connectivity index (χ2v) is 7.56. The van der Waals surface area contributed by atoms with Gasteiger partial charge >= 0.3 is 0 Å². The highest BCUT2D eigenvalue weighted by Gasteiger charge is 2.26. The molecule has 1 heterocycles. The lowest BCUT2D eigenvalue weighted by atomic mass is 9.86. The molecule has 0 unspecified atom stereocenters. The van der Waals surface area contributed by atoms with Crippen molar-refractivity contribution in [2.75, 3.05) is 6.54 Å². The van der Waals surface area contributed by atoms with Crippen LogP contribution in [-0.2, 0) is 5.41 Å². The molecule has 0 saturated carbocycles. The van der Waals surface area contributed by atoms with E-state index in [4.69, 9.17) is 0 Å². The van der Waals surface area contributed by atoms with Crippen molar-refractivity contribution in [3.8, 4) is 0 Å². The highest BCUT2D eigenvalue weighted by Crippen LogP contribution is 2.29. The molecule has 0 bridgehead atoms. The Bertz CT molecular complexity index is 530. The van der Waals surface area contributed by atoms with Crippen molar-refractivity contribution < 1.29 is 4.79 Å². The smallest absolute Gasteiger partial charge is 0.187 e. The summed E-state index contributed by atoms with van der Waals surface area (Å²) in [6, 6.07) is 7.97. The molecule has 2 rings (SSSR count). The van der Waals surface area contributed by atoms with Gasteiger partial charge in [0.25, 0.3) is 0 Å². The predicted molar refractivity (Wildman–Crippen MR) is 84.0 cm³/mol. The number of benzene rings is 1. The lowest BCUT2D eigenvalue weighted by molar-refractivity contribution is 0.104. The van der Waals surface area contributed by atoms with Gasteiger partial charge in [-0.1, -0.05) is 58.9 Å². The quantitative estimate of drug-likeness (QED) is 0.649. The minimum absolute atomic E-state index is 0.0886. The number of allylic oxidation sites excluding steroid dienone is 2. The van der Waals surface area contributed by atoms with E-state index in [9.17, 15) is 4.79 Å². The summed E-state index contributed by atoms with van der Waals surface area (Å²) >= 11 is 0. The fourth-order valence-electron chi connectivity index (χ4n) is 2.47. The number of hydrogen-bond acceptors (Lipinski definition) is 2. The minimum Gasteiger partial charge on any atom is -0.388 e. The number of carbonyl (C=O) groups excluding carboxylic acids is 1. The maximum absolute atomic E-state index is 12.3. The van der Waals surface area contributed by atoms with E-state index in [1.54, 1.807) is 6.08 Å². The van der Waals surface area contributed by atoms with Crippen LogP contribution in [0.3, 0.4) is 0 Å². The molecule has 0 aromatic heterocycles. The Morgan fingerprint density at radius 2 is 1.80 bits per heavy atom. The summed E-state index contributed by atoms with van der Waals surface area (Å²) in [4.78, 5) is 12.3. The minimum atomic E-state index is 0.0886. The van der Waals surface area contributed by atoms with Crippen LogP contribution >= 0.6 is 0 Å². The van der Waals surface area contributed by atoms with E-state index in [1.807, 2.05) is 12.1 Å². The molecule has 1 aliphatic rings. The third-order valence-corrected chi connectivity index (χ3v) is 3.80. The highest BCUT2D eigenvalue weighted by atomic mass is 16.1. The van der Waals surface area contributed by atoms with E-state index in [0.29, 0.717) is 0 Å². The van der Waals surface area contributed by atoms with Crippen LogP contribution in [0.4, 0.5) is 0 Å². The van der Waals surface area contributed by atoms with Gasteiger partial charge in [0.2, 0.25) is 0 Å². The van der Waals surface area contributed by atoms with Gasteiger partial charge in [-0.3, -0.25) is 4.79 Å². The Morgan fingerprint density at radius 3 is 2.25 bits per heavy atom. The molecular weight excluding hydrogens is 246 g/mol. The van der Waals surface area contributed by atoms with Crippen molar-refractivity contribution in [2.24, 2.45) is 5.41 Å². The first kappa shape index (κ1) is 14.8. The molecule has 0 aliphatic carbocycles. The Hall–Kier alpha value is -1.57. The van der Waals surface area contributed by atoms with Crippen molar-refractivity contribution in [3.63, 3.8) is 0 Å². The van der Waals surface area contributed by atoms with Crippen LogP contribution in [0.5, 0.6) is 0 Å². The molecule has 1 N–H and O–H groups in total. The lowest BCUT2D eigenvalue weighted by Gasteiger charge is -2.18. The van der Waals surface area contributed by atoms with E-state index in [-0.39, 0.29) is 16.6 Å². The second-order valence-electron chi connectivity index (χ2n) is 7.56. The maximum atomic E-state index is 12.3. The zero-order chi connectivity index (χ0) is 15.0. The number of nitrogens with one attached hydrogen (secondary N) is 1. The van der Waals surface area contributed by atoms with Crippen molar-refractivity contribution >= 4 is 5.78 Å². The molecule has 0 radical (unpaired) electrons. The van der Waals surface area contributed by atoms with Crippen LogP contribution in [0.2, 0.25) is 0 Å². The monoisotopic (exact) mass is 271 g/mol. The first-order chi connectivity index (χ1) is 9.17. The average Bonchev–Trinajstić information content (AvgIpc) is 2.67. The van der Waals surface area contributed by atoms with Crippen molar-refractivity contribution in [3.05, 3.63) is 47.2 Å². The molecule has 1 aliphatic heterocycles. The van der Waals surface area contributed by atoms with E-state index < -0.39 is 0 Å². The molecule has 108 valence electrons. The van der Waals surface area contributed by atoms with E-state index >= 15 is 0 Å². The Labute approximate surface area is 122 Å². The predicted octanol–water partition coefficient (Wildman–Crippen LogP) is 4.07. The molecular formula is C18H25NO. The van der Waals surface area contributed by atoms with Gasteiger partial charge in [-0.05, 0) is 22.8 Å². The summed E-state index contributed by atoms with van der Waals surface area (Å²) in [6.45, 7) is 11.9. The van der Waals surface area contributed by atoms with Gasteiger partial charge < -0.3 is 5.32 Å². The summed E-state index contributed by atoms with van der Waals surface area (Å²) < 4.78 is 0. The van der Waals surface area contributed by atoms with Gasteiger partial charge in [-0.25, -0.2) is 0 Å². The first-order valence-electron chi connectivity index (χ1n) is 7.27. The summed E-state index contributed by atoms with van der Waals surface area (Å²) in [5.74, 6) is 0.0886. The van der Waals surface area contributed by atoms with Crippen LogP contribution in [0, 0.1) is 5.41 Å². The molecule has 0 spiro atoms. The summed E-state index contributed by atoms with van der Waals surface area (Å²) in [5.41, 5.74) is 3.44. The molecule has 1 aromatic rings. The van der Waals surface area contributed by atoms with Crippen molar-refractivity contribution in [2.45, 2.75) is 46.5 Å². The zero-order valence-corrected chi connectivity index (χ0v) is 13.2. The molecule has 0 amide bonds. The molecule has 1 aromatic carbocycles. The summed E-state index contributed by atoms with van der Waals surface area (Å²) in [7, 11) is 0. The second kappa shape index (κ2) is 5.08. The Kier molecular flexibility index (Phi) is 3.77. The first-order valence-corrected chi connectivity index (χ1v) is 7.27. The molecule has 2 nitrogen and oxygen atoms in total. The number of rotatable bonds is 2. The normalized spacial score (nSPS) is 19.9. The lowest BCUT2D eigenvalue weighted by Crippen LogP contribution is -2.15. The summed E-state index contributed by atoms with van der Waals surface area (Å²) in [5, 5.41) is 3.32. The van der Waals surface area contributed by atoms with E-state index in [2.05, 4.69) is 52.1 Å².